The molecule has 0 aliphatic heterocycles. The van der Waals surface area contributed by atoms with Crippen LogP contribution in [0.5, 0.6) is 11.5 Å². The van der Waals surface area contributed by atoms with Gasteiger partial charge in [0.2, 0.25) is 0 Å². The highest BCUT2D eigenvalue weighted by molar-refractivity contribution is 6.01. The summed E-state index contributed by atoms with van der Waals surface area (Å²) >= 11 is 0. The lowest BCUT2D eigenvalue weighted by atomic mass is 10.1. The third kappa shape index (κ3) is 4.64. The number of phenolic OH excluding ortho intramolecular Hbond substituents is 1. The summed E-state index contributed by atoms with van der Waals surface area (Å²) in [6.07, 6.45) is -0.0434. The van der Waals surface area contributed by atoms with Gasteiger partial charge in [-0.2, -0.15) is 5.10 Å². The summed E-state index contributed by atoms with van der Waals surface area (Å²) in [5.74, 6) is 0.498. The third-order valence-corrected chi connectivity index (χ3v) is 4.24. The SMILES string of the molecule is CCC(=NNC(=O)C(C)Oc1ccc2ccccc2c1)c1ccc(O)cc1. The van der Waals surface area contributed by atoms with Gasteiger partial charge in [0.25, 0.3) is 5.91 Å². The van der Waals surface area contributed by atoms with Gasteiger partial charge in [-0.3, -0.25) is 4.79 Å². The number of carbonyl (C=O) groups excluding carboxylic acids is 1. The maximum absolute atomic E-state index is 12.3. The van der Waals surface area contributed by atoms with Crippen molar-refractivity contribution in [3.05, 3.63) is 72.3 Å². The number of aromatic hydroxyl groups is 1. The molecule has 0 spiro atoms. The molecule has 3 aromatic carbocycles. The molecule has 0 saturated heterocycles. The molecule has 3 rings (SSSR count). The third-order valence-electron chi connectivity index (χ3n) is 4.24. The minimum atomic E-state index is -0.687. The van der Waals surface area contributed by atoms with Gasteiger partial charge in [-0.1, -0.05) is 37.3 Å². The fraction of sp³-hybridized carbons (Fsp3) is 0.182. The number of fused-ring (bicyclic) bond motifs is 1. The second kappa shape index (κ2) is 8.36. The van der Waals surface area contributed by atoms with Gasteiger partial charge < -0.3 is 9.84 Å². The van der Waals surface area contributed by atoms with Gasteiger partial charge in [-0.15, -0.1) is 0 Å². The van der Waals surface area contributed by atoms with Gasteiger partial charge in [-0.25, -0.2) is 5.43 Å². The van der Waals surface area contributed by atoms with Crippen LogP contribution in [0.3, 0.4) is 0 Å². The Morgan fingerprint density at radius 2 is 1.78 bits per heavy atom. The predicted octanol–water partition coefficient (Wildman–Crippen LogP) is 4.24. The number of hydrazone groups is 1. The molecule has 0 heterocycles. The molecule has 1 amide bonds. The van der Waals surface area contributed by atoms with Crippen molar-refractivity contribution in [2.45, 2.75) is 26.4 Å². The van der Waals surface area contributed by atoms with E-state index in [4.69, 9.17) is 4.74 Å². The Balaban J connectivity index is 1.66. The number of rotatable bonds is 6. The molecule has 0 radical (unpaired) electrons. The first-order chi connectivity index (χ1) is 13.1. The first kappa shape index (κ1) is 18.5. The van der Waals surface area contributed by atoms with E-state index >= 15 is 0 Å². The summed E-state index contributed by atoms with van der Waals surface area (Å²) < 4.78 is 5.76. The van der Waals surface area contributed by atoms with Crippen molar-refractivity contribution in [1.29, 1.82) is 0 Å². The molecule has 0 aliphatic carbocycles. The lowest BCUT2D eigenvalue weighted by Gasteiger charge is -2.14. The number of phenols is 1. The van der Waals surface area contributed by atoms with Gasteiger partial charge in [0.1, 0.15) is 11.5 Å². The summed E-state index contributed by atoms with van der Waals surface area (Å²) in [6.45, 7) is 3.64. The molecule has 1 atom stereocenters. The van der Waals surface area contributed by atoms with E-state index in [2.05, 4.69) is 10.5 Å². The zero-order valence-electron chi connectivity index (χ0n) is 15.3. The lowest BCUT2D eigenvalue weighted by Crippen LogP contribution is -2.34. The Kier molecular flexibility index (Phi) is 5.71. The number of benzene rings is 3. The van der Waals surface area contributed by atoms with Gasteiger partial charge >= 0.3 is 0 Å². The van der Waals surface area contributed by atoms with E-state index in [0.717, 1.165) is 22.0 Å². The van der Waals surface area contributed by atoms with Crippen molar-refractivity contribution in [3.63, 3.8) is 0 Å². The van der Waals surface area contributed by atoms with Crippen LogP contribution in [0.2, 0.25) is 0 Å². The molecule has 5 nitrogen and oxygen atoms in total. The van der Waals surface area contributed by atoms with Crippen LogP contribution < -0.4 is 10.2 Å². The highest BCUT2D eigenvalue weighted by Gasteiger charge is 2.15. The lowest BCUT2D eigenvalue weighted by molar-refractivity contribution is -0.127. The zero-order valence-corrected chi connectivity index (χ0v) is 15.3. The molecule has 2 N–H and O–H groups in total. The van der Waals surface area contributed by atoms with Crippen molar-refractivity contribution in [2.24, 2.45) is 5.10 Å². The second-order valence-corrected chi connectivity index (χ2v) is 6.20. The summed E-state index contributed by atoms with van der Waals surface area (Å²) in [4.78, 5) is 12.3. The molecule has 5 heteroatoms. The molecule has 0 fully saturated rings. The summed E-state index contributed by atoms with van der Waals surface area (Å²) in [7, 11) is 0. The Morgan fingerprint density at radius 1 is 1.07 bits per heavy atom. The Bertz CT molecular complexity index is 965. The average molecular weight is 362 g/mol. The number of nitrogens with one attached hydrogen (secondary N) is 1. The van der Waals surface area contributed by atoms with Crippen molar-refractivity contribution in [1.82, 2.24) is 5.43 Å². The number of carbonyl (C=O) groups is 1. The van der Waals surface area contributed by atoms with Crippen LogP contribution in [-0.4, -0.2) is 22.8 Å². The van der Waals surface area contributed by atoms with E-state index in [0.29, 0.717) is 12.2 Å². The second-order valence-electron chi connectivity index (χ2n) is 6.20. The number of ether oxygens (including phenoxy) is 1. The fourth-order valence-corrected chi connectivity index (χ4v) is 2.71. The summed E-state index contributed by atoms with van der Waals surface area (Å²) in [5.41, 5.74) is 4.13. The number of amides is 1. The maximum atomic E-state index is 12.3. The summed E-state index contributed by atoms with van der Waals surface area (Å²) in [5, 5.41) is 15.8. The first-order valence-electron chi connectivity index (χ1n) is 8.88. The molecule has 3 aromatic rings. The first-order valence-corrected chi connectivity index (χ1v) is 8.88. The molecular formula is C22H22N2O3. The molecular weight excluding hydrogens is 340 g/mol. The standard InChI is InChI=1S/C22H22N2O3/c1-3-21(17-8-11-19(25)12-9-17)23-24-22(26)15(2)27-20-13-10-16-6-4-5-7-18(16)14-20/h4-15,25H,3H2,1-2H3,(H,24,26). The largest absolute Gasteiger partial charge is 0.508 e. The van der Waals surface area contributed by atoms with Crippen molar-refractivity contribution >= 4 is 22.4 Å². The van der Waals surface area contributed by atoms with Crippen molar-refractivity contribution < 1.29 is 14.6 Å². The number of nitrogens with zero attached hydrogens (tertiary/aromatic N) is 1. The normalized spacial score (nSPS) is 12.6. The predicted molar refractivity (Wildman–Crippen MR) is 107 cm³/mol. The Morgan fingerprint density at radius 3 is 2.48 bits per heavy atom. The van der Waals surface area contributed by atoms with Crippen molar-refractivity contribution in [2.75, 3.05) is 0 Å². The van der Waals surface area contributed by atoms with E-state index in [9.17, 15) is 9.90 Å². The highest BCUT2D eigenvalue weighted by atomic mass is 16.5. The van der Waals surface area contributed by atoms with Crippen LogP contribution in [-0.2, 0) is 4.79 Å². The van der Waals surface area contributed by atoms with Gasteiger partial charge in [0.15, 0.2) is 6.10 Å². The average Bonchev–Trinajstić information content (AvgIpc) is 2.69. The Labute approximate surface area is 158 Å². The van der Waals surface area contributed by atoms with E-state index < -0.39 is 6.10 Å². The molecule has 27 heavy (non-hydrogen) atoms. The van der Waals surface area contributed by atoms with Gasteiger partial charge in [0.05, 0.1) is 5.71 Å². The molecule has 0 aromatic heterocycles. The van der Waals surface area contributed by atoms with Crippen LogP contribution in [0, 0.1) is 0 Å². The monoisotopic (exact) mass is 362 g/mol. The minimum absolute atomic E-state index is 0.190. The van der Waals surface area contributed by atoms with Gasteiger partial charge in [0, 0.05) is 0 Å². The molecule has 0 saturated carbocycles. The number of hydrogen-bond acceptors (Lipinski definition) is 4. The van der Waals surface area contributed by atoms with Gasteiger partial charge in [-0.05, 0) is 66.1 Å². The maximum Gasteiger partial charge on any atom is 0.280 e. The van der Waals surface area contributed by atoms with E-state index in [1.165, 1.54) is 0 Å². The molecule has 1 unspecified atom stereocenters. The minimum Gasteiger partial charge on any atom is -0.508 e. The summed E-state index contributed by atoms with van der Waals surface area (Å²) in [6, 6.07) is 20.4. The zero-order chi connectivity index (χ0) is 19.2. The topological polar surface area (TPSA) is 70.9 Å². The molecule has 0 aliphatic rings. The van der Waals surface area contributed by atoms with E-state index in [1.54, 1.807) is 31.2 Å². The smallest absolute Gasteiger partial charge is 0.280 e. The van der Waals surface area contributed by atoms with Crippen LogP contribution in [0.1, 0.15) is 25.8 Å². The fourth-order valence-electron chi connectivity index (χ4n) is 2.71. The Hall–Kier alpha value is -3.34. The molecule has 0 bridgehead atoms. The quantitative estimate of drug-likeness (QED) is 0.509. The van der Waals surface area contributed by atoms with Crippen LogP contribution in [0.25, 0.3) is 10.8 Å². The van der Waals surface area contributed by atoms with Crippen molar-refractivity contribution in [3.8, 4) is 11.5 Å². The van der Waals surface area contributed by atoms with Crippen LogP contribution in [0.15, 0.2) is 71.8 Å². The van der Waals surface area contributed by atoms with E-state index in [-0.39, 0.29) is 11.7 Å². The van der Waals surface area contributed by atoms with Crippen LogP contribution in [0.4, 0.5) is 0 Å². The van der Waals surface area contributed by atoms with Crippen LogP contribution >= 0.6 is 0 Å². The molecule has 138 valence electrons. The highest BCUT2D eigenvalue weighted by Crippen LogP contribution is 2.21. The number of hydrogen-bond donors (Lipinski definition) is 2. The van der Waals surface area contributed by atoms with E-state index in [1.807, 2.05) is 49.4 Å².